The number of esters is 1. The third-order valence-corrected chi connectivity index (χ3v) is 4.73. The molecule has 0 fully saturated rings. The second-order valence-corrected chi connectivity index (χ2v) is 7.57. The van der Waals surface area contributed by atoms with Gasteiger partial charge in [-0.25, -0.2) is 0 Å². The van der Waals surface area contributed by atoms with Crippen LogP contribution in [0.4, 0.5) is 0 Å². The van der Waals surface area contributed by atoms with Gasteiger partial charge in [0.2, 0.25) is 11.8 Å². The lowest BCUT2D eigenvalue weighted by Crippen LogP contribution is -2.48. The Morgan fingerprint density at radius 2 is 1.71 bits per heavy atom. The molecule has 1 aromatic carbocycles. The summed E-state index contributed by atoms with van der Waals surface area (Å²) in [6.45, 7) is 10.5. The van der Waals surface area contributed by atoms with Gasteiger partial charge >= 0.3 is 5.97 Å². The smallest absolute Gasteiger partial charge is 0.309 e. The normalized spacial score (nSPS) is 14.4. The highest BCUT2D eigenvalue weighted by molar-refractivity contribution is 6.00. The average molecular weight is 431 g/mol. The minimum absolute atomic E-state index is 0.0831. The van der Waals surface area contributed by atoms with Crippen LogP contribution in [-0.2, 0) is 25.5 Å². The summed E-state index contributed by atoms with van der Waals surface area (Å²) in [4.78, 5) is 37.2. The van der Waals surface area contributed by atoms with Gasteiger partial charge < -0.3 is 20.5 Å². The molecule has 7 nitrogen and oxygen atoms in total. The molecule has 2 amide bonds. The van der Waals surface area contributed by atoms with Gasteiger partial charge in [-0.1, -0.05) is 49.4 Å². The molecule has 0 bridgehead atoms. The predicted molar refractivity (Wildman–Crippen MR) is 120 cm³/mol. The molecule has 0 spiro atoms. The fraction of sp³-hybridized carbons (Fsp3) is 0.458. The van der Waals surface area contributed by atoms with E-state index in [0.29, 0.717) is 12.8 Å². The van der Waals surface area contributed by atoms with Crippen molar-refractivity contribution in [2.24, 2.45) is 11.8 Å². The van der Waals surface area contributed by atoms with E-state index in [0.717, 1.165) is 5.56 Å². The van der Waals surface area contributed by atoms with Crippen LogP contribution in [0.2, 0.25) is 0 Å². The van der Waals surface area contributed by atoms with Crippen LogP contribution in [0.15, 0.2) is 55.6 Å². The van der Waals surface area contributed by atoms with E-state index in [1.807, 2.05) is 30.3 Å². The Morgan fingerprint density at radius 3 is 2.29 bits per heavy atom. The molecule has 0 aromatic heterocycles. The maximum Gasteiger partial charge on any atom is 0.309 e. The summed E-state index contributed by atoms with van der Waals surface area (Å²) in [5.41, 5.74) is 0.966. The summed E-state index contributed by atoms with van der Waals surface area (Å²) in [5.74, 6) is -2.65. The maximum absolute atomic E-state index is 12.7. The molecule has 1 aromatic rings. The minimum atomic E-state index is -0.995. The number of carbonyl (C=O) groups excluding carboxylic acids is 3. The van der Waals surface area contributed by atoms with Gasteiger partial charge in [0.05, 0.1) is 25.1 Å². The van der Waals surface area contributed by atoms with E-state index in [1.165, 1.54) is 6.08 Å². The van der Waals surface area contributed by atoms with Crippen LogP contribution in [0.5, 0.6) is 0 Å². The van der Waals surface area contributed by atoms with Gasteiger partial charge in [0.15, 0.2) is 0 Å². The number of rotatable bonds is 14. The number of amides is 2. The Kier molecular flexibility index (Phi) is 11.9. The maximum atomic E-state index is 12.7. The van der Waals surface area contributed by atoms with Gasteiger partial charge in [-0.15, -0.1) is 13.2 Å². The molecular weight excluding hydrogens is 396 g/mol. The zero-order valence-corrected chi connectivity index (χ0v) is 18.4. The van der Waals surface area contributed by atoms with Crippen molar-refractivity contribution >= 4 is 17.8 Å². The second kappa shape index (κ2) is 14.1. The first kappa shape index (κ1) is 26.1. The lowest BCUT2D eigenvalue weighted by atomic mass is 10.0. The molecule has 1 unspecified atom stereocenters. The summed E-state index contributed by atoms with van der Waals surface area (Å²) in [5, 5.41) is 15.0. The van der Waals surface area contributed by atoms with Gasteiger partial charge in [-0.05, 0) is 31.7 Å². The fourth-order valence-corrected chi connectivity index (χ4v) is 2.93. The third-order valence-electron chi connectivity index (χ3n) is 4.73. The lowest BCUT2D eigenvalue weighted by molar-refractivity contribution is -0.153. The van der Waals surface area contributed by atoms with Crippen molar-refractivity contribution in [2.75, 3.05) is 13.2 Å². The number of allylic oxidation sites excluding steroid dienone is 2. The topological polar surface area (TPSA) is 105 Å². The Hall–Kier alpha value is -2.93. The summed E-state index contributed by atoms with van der Waals surface area (Å²) in [7, 11) is 0. The molecule has 0 aliphatic carbocycles. The first-order chi connectivity index (χ1) is 14.8. The van der Waals surface area contributed by atoms with Crippen LogP contribution < -0.4 is 10.6 Å². The van der Waals surface area contributed by atoms with Gasteiger partial charge in [-0.2, -0.15) is 0 Å². The van der Waals surface area contributed by atoms with Gasteiger partial charge in [0.25, 0.3) is 0 Å². The molecule has 0 heterocycles. The third kappa shape index (κ3) is 9.61. The SMILES string of the molecule is C=CCC(C(=O)NC[C@H](C)OC(=O)[C@@H](C)CC=C)C(=O)N[C@@H](CO)Cc1ccccc1. The minimum Gasteiger partial charge on any atom is -0.461 e. The number of carbonyl (C=O) groups is 3. The van der Waals surface area contributed by atoms with Gasteiger partial charge in [0, 0.05) is 0 Å². The Labute approximate surface area is 184 Å². The summed E-state index contributed by atoms with van der Waals surface area (Å²) in [6.07, 6.45) is 3.70. The number of aliphatic hydroxyl groups is 1. The first-order valence-electron chi connectivity index (χ1n) is 10.5. The monoisotopic (exact) mass is 430 g/mol. The Balaban J connectivity index is 2.62. The quantitative estimate of drug-likeness (QED) is 0.238. The molecule has 4 atom stereocenters. The second-order valence-electron chi connectivity index (χ2n) is 7.57. The molecule has 0 radical (unpaired) electrons. The largest absolute Gasteiger partial charge is 0.461 e. The number of aliphatic hydroxyl groups excluding tert-OH is 1. The zero-order valence-electron chi connectivity index (χ0n) is 18.4. The van der Waals surface area contributed by atoms with Crippen molar-refractivity contribution in [2.45, 2.75) is 45.3 Å². The van der Waals surface area contributed by atoms with E-state index in [-0.39, 0.29) is 31.5 Å². The molecular formula is C24H34N2O5. The highest BCUT2D eigenvalue weighted by atomic mass is 16.5. The first-order valence-corrected chi connectivity index (χ1v) is 10.5. The molecule has 0 saturated carbocycles. The zero-order chi connectivity index (χ0) is 23.2. The van der Waals surface area contributed by atoms with Crippen LogP contribution in [0, 0.1) is 11.8 Å². The molecule has 3 N–H and O–H groups in total. The molecule has 1 rings (SSSR count). The van der Waals surface area contributed by atoms with Crippen molar-refractivity contribution in [3.8, 4) is 0 Å². The number of nitrogens with one attached hydrogen (secondary N) is 2. The van der Waals surface area contributed by atoms with Crippen molar-refractivity contribution in [3.63, 3.8) is 0 Å². The predicted octanol–water partition coefficient (Wildman–Crippen LogP) is 2.16. The van der Waals surface area contributed by atoms with E-state index < -0.39 is 29.9 Å². The van der Waals surface area contributed by atoms with Gasteiger partial charge in [0.1, 0.15) is 12.0 Å². The van der Waals surface area contributed by atoms with Gasteiger partial charge in [-0.3, -0.25) is 14.4 Å². The van der Waals surface area contributed by atoms with Crippen LogP contribution in [0.25, 0.3) is 0 Å². The molecule has 0 aliphatic rings. The molecule has 0 aliphatic heterocycles. The number of hydrogen-bond donors (Lipinski definition) is 3. The Morgan fingerprint density at radius 1 is 1.06 bits per heavy atom. The van der Waals surface area contributed by atoms with Crippen molar-refractivity contribution in [1.82, 2.24) is 10.6 Å². The van der Waals surface area contributed by atoms with Crippen molar-refractivity contribution in [1.29, 1.82) is 0 Å². The highest BCUT2D eigenvalue weighted by Gasteiger charge is 2.27. The van der Waals surface area contributed by atoms with Crippen LogP contribution >= 0.6 is 0 Å². The van der Waals surface area contributed by atoms with Crippen molar-refractivity contribution < 1.29 is 24.2 Å². The standard InChI is InChI=1S/C24H34N2O5/c1-5-10-17(3)24(30)31-18(4)15-25-22(28)21(11-6-2)23(29)26-20(16-27)14-19-12-8-7-9-13-19/h5-9,12-13,17-18,20-21,27H,1-2,10-11,14-16H2,3-4H3,(H,25,28)(H,26,29)/t17-,18-,20+,21?/m0/s1. The summed E-state index contributed by atoms with van der Waals surface area (Å²) < 4.78 is 5.31. The van der Waals surface area contributed by atoms with E-state index >= 15 is 0 Å². The highest BCUT2D eigenvalue weighted by Crippen LogP contribution is 2.09. The summed E-state index contributed by atoms with van der Waals surface area (Å²) >= 11 is 0. The molecule has 31 heavy (non-hydrogen) atoms. The van der Waals surface area contributed by atoms with Crippen LogP contribution in [-0.4, -0.2) is 48.2 Å². The molecule has 7 heteroatoms. The number of benzene rings is 1. The van der Waals surface area contributed by atoms with E-state index in [9.17, 15) is 19.5 Å². The number of ether oxygens (including phenoxy) is 1. The van der Waals surface area contributed by atoms with Crippen LogP contribution in [0.3, 0.4) is 0 Å². The molecule has 170 valence electrons. The Bertz CT molecular complexity index is 735. The van der Waals surface area contributed by atoms with Crippen molar-refractivity contribution in [3.05, 3.63) is 61.2 Å². The lowest BCUT2D eigenvalue weighted by Gasteiger charge is -2.22. The number of hydrogen-bond acceptors (Lipinski definition) is 5. The van der Waals surface area contributed by atoms with E-state index in [1.54, 1.807) is 19.9 Å². The van der Waals surface area contributed by atoms with Crippen LogP contribution in [0.1, 0.15) is 32.3 Å². The average Bonchev–Trinajstić information content (AvgIpc) is 2.76. The van der Waals surface area contributed by atoms with E-state index in [2.05, 4.69) is 23.8 Å². The van der Waals surface area contributed by atoms with E-state index in [4.69, 9.17) is 4.74 Å². The summed E-state index contributed by atoms with van der Waals surface area (Å²) in [6, 6.07) is 8.94. The fourth-order valence-electron chi connectivity index (χ4n) is 2.93. The molecule has 0 saturated heterocycles.